The lowest BCUT2D eigenvalue weighted by atomic mass is 10.1. The Morgan fingerprint density at radius 3 is 2.68 bits per heavy atom. The van der Waals surface area contributed by atoms with Gasteiger partial charge in [-0.2, -0.15) is 0 Å². The summed E-state index contributed by atoms with van der Waals surface area (Å²) in [6, 6.07) is 5.98. The molecule has 0 unspecified atom stereocenters. The molecule has 1 rings (SSSR count). The van der Waals surface area contributed by atoms with Crippen molar-refractivity contribution in [2.24, 2.45) is 10.7 Å². The molecule has 0 bridgehead atoms. The van der Waals surface area contributed by atoms with Crippen LogP contribution in [0.5, 0.6) is 5.75 Å². The van der Waals surface area contributed by atoms with Crippen LogP contribution in [0.25, 0.3) is 0 Å². The Balaban J connectivity index is 2.63. The molecule has 0 spiro atoms. The minimum Gasteiger partial charge on any atom is -0.495 e. The van der Waals surface area contributed by atoms with Crippen molar-refractivity contribution in [1.29, 1.82) is 0 Å². The smallest absolute Gasteiger partial charge is 0.188 e. The van der Waals surface area contributed by atoms with Crippen molar-refractivity contribution in [2.45, 2.75) is 32.7 Å². The van der Waals surface area contributed by atoms with Gasteiger partial charge < -0.3 is 15.8 Å². The molecule has 0 amide bonds. The van der Waals surface area contributed by atoms with Crippen LogP contribution in [0.4, 0.5) is 0 Å². The zero-order valence-electron chi connectivity index (χ0n) is 12.0. The fourth-order valence-corrected chi connectivity index (χ4v) is 2.27. The predicted molar refractivity (Wildman–Crippen MR) is 83.8 cm³/mol. The van der Waals surface area contributed by atoms with Crippen molar-refractivity contribution in [3.8, 4) is 5.75 Å². The van der Waals surface area contributed by atoms with Gasteiger partial charge in [-0.25, -0.2) is 0 Å². The van der Waals surface area contributed by atoms with Crippen LogP contribution in [0, 0.1) is 0 Å². The first-order chi connectivity index (χ1) is 8.83. The number of benzene rings is 1. The van der Waals surface area contributed by atoms with Gasteiger partial charge in [0.1, 0.15) is 5.75 Å². The van der Waals surface area contributed by atoms with E-state index in [1.54, 1.807) is 7.11 Å². The molecule has 0 atom stereocenters. The first kappa shape index (κ1) is 15.8. The van der Waals surface area contributed by atoms with Crippen molar-refractivity contribution in [3.05, 3.63) is 28.2 Å². The summed E-state index contributed by atoms with van der Waals surface area (Å²) in [7, 11) is 1.67. The number of guanidine groups is 1. The molecular weight excluding hydrogens is 306 g/mol. The number of rotatable bonds is 4. The van der Waals surface area contributed by atoms with Crippen LogP contribution in [-0.4, -0.2) is 25.2 Å². The summed E-state index contributed by atoms with van der Waals surface area (Å²) in [6.45, 7) is 6.77. The maximum absolute atomic E-state index is 5.82. The second-order valence-electron chi connectivity index (χ2n) is 5.32. The number of methoxy groups -OCH3 is 1. The molecule has 0 saturated carbocycles. The van der Waals surface area contributed by atoms with E-state index in [0.29, 0.717) is 12.5 Å². The zero-order valence-corrected chi connectivity index (χ0v) is 13.5. The Morgan fingerprint density at radius 1 is 1.42 bits per heavy atom. The molecule has 0 fully saturated rings. The number of hydrogen-bond acceptors (Lipinski definition) is 2. The topological polar surface area (TPSA) is 59.6 Å². The van der Waals surface area contributed by atoms with Crippen LogP contribution in [-0.2, 0) is 6.42 Å². The summed E-state index contributed by atoms with van der Waals surface area (Å²) in [5, 5.41) is 3.13. The SMILES string of the molecule is COc1c(Br)cccc1CCN=C(N)NC(C)(C)C. The van der Waals surface area contributed by atoms with Gasteiger partial charge in [-0.3, -0.25) is 4.99 Å². The Labute approximate surface area is 123 Å². The van der Waals surface area contributed by atoms with Gasteiger partial charge >= 0.3 is 0 Å². The second kappa shape index (κ2) is 6.80. The highest BCUT2D eigenvalue weighted by Crippen LogP contribution is 2.28. The van der Waals surface area contributed by atoms with E-state index >= 15 is 0 Å². The van der Waals surface area contributed by atoms with Gasteiger partial charge in [-0.1, -0.05) is 12.1 Å². The molecule has 3 N–H and O–H groups in total. The minimum absolute atomic E-state index is 0.0684. The summed E-state index contributed by atoms with van der Waals surface area (Å²) in [5.74, 6) is 1.33. The van der Waals surface area contributed by atoms with Gasteiger partial charge in [0.15, 0.2) is 5.96 Å². The van der Waals surface area contributed by atoms with E-state index in [1.165, 1.54) is 0 Å². The molecule has 0 aliphatic rings. The summed E-state index contributed by atoms with van der Waals surface area (Å²) in [6.07, 6.45) is 0.787. The highest BCUT2D eigenvalue weighted by atomic mass is 79.9. The van der Waals surface area contributed by atoms with Crippen LogP contribution in [0.15, 0.2) is 27.7 Å². The second-order valence-corrected chi connectivity index (χ2v) is 6.18. The molecule has 0 aromatic heterocycles. The van der Waals surface area contributed by atoms with Crippen molar-refractivity contribution >= 4 is 21.9 Å². The first-order valence-corrected chi connectivity index (χ1v) is 7.02. The van der Waals surface area contributed by atoms with Crippen LogP contribution < -0.4 is 15.8 Å². The van der Waals surface area contributed by atoms with Crippen molar-refractivity contribution in [3.63, 3.8) is 0 Å². The van der Waals surface area contributed by atoms with Gasteiger partial charge in [-0.15, -0.1) is 0 Å². The number of nitrogens with two attached hydrogens (primary N) is 1. The number of aliphatic imine (C=N–C) groups is 1. The van der Waals surface area contributed by atoms with Gasteiger partial charge in [-0.05, 0) is 54.8 Å². The third-order valence-electron chi connectivity index (χ3n) is 2.42. The first-order valence-electron chi connectivity index (χ1n) is 6.23. The molecule has 0 saturated heterocycles. The maximum atomic E-state index is 5.82. The fourth-order valence-electron chi connectivity index (χ4n) is 1.70. The highest BCUT2D eigenvalue weighted by molar-refractivity contribution is 9.10. The summed E-state index contributed by atoms with van der Waals surface area (Å²) >= 11 is 3.47. The molecule has 0 aliphatic carbocycles. The quantitative estimate of drug-likeness (QED) is 0.660. The molecule has 0 radical (unpaired) electrons. The average Bonchev–Trinajstić information content (AvgIpc) is 2.26. The monoisotopic (exact) mass is 327 g/mol. The van der Waals surface area contributed by atoms with E-state index in [4.69, 9.17) is 10.5 Å². The molecule has 0 heterocycles. The Bertz CT molecular complexity index is 452. The van der Waals surface area contributed by atoms with Gasteiger partial charge in [0.25, 0.3) is 0 Å². The lowest BCUT2D eigenvalue weighted by Crippen LogP contribution is -2.45. The van der Waals surface area contributed by atoms with E-state index < -0.39 is 0 Å². The predicted octanol–water partition coefficient (Wildman–Crippen LogP) is 2.70. The lowest BCUT2D eigenvalue weighted by molar-refractivity contribution is 0.407. The zero-order chi connectivity index (χ0) is 14.5. The average molecular weight is 328 g/mol. The van der Waals surface area contributed by atoms with E-state index in [2.05, 4.69) is 26.2 Å². The molecule has 4 nitrogen and oxygen atoms in total. The third-order valence-corrected chi connectivity index (χ3v) is 3.04. The van der Waals surface area contributed by atoms with Gasteiger partial charge in [0.05, 0.1) is 11.6 Å². The number of nitrogens with one attached hydrogen (secondary N) is 1. The molecule has 0 aliphatic heterocycles. The normalized spacial score (nSPS) is 12.4. The number of nitrogens with zero attached hydrogens (tertiary/aromatic N) is 1. The highest BCUT2D eigenvalue weighted by Gasteiger charge is 2.10. The number of ether oxygens (including phenoxy) is 1. The summed E-state index contributed by atoms with van der Waals surface area (Å²) < 4.78 is 6.33. The summed E-state index contributed by atoms with van der Waals surface area (Å²) in [5.41, 5.74) is 6.87. The Kier molecular flexibility index (Phi) is 5.66. The standard InChI is InChI=1S/C14H22BrN3O/c1-14(2,3)18-13(16)17-9-8-10-6-5-7-11(15)12(10)19-4/h5-7H,8-9H2,1-4H3,(H3,16,17,18). The molecular formula is C14H22BrN3O. The molecule has 1 aromatic carbocycles. The van der Waals surface area contributed by atoms with E-state index in [0.717, 1.165) is 22.2 Å². The Hall–Kier alpha value is -1.23. The molecule has 1 aromatic rings. The van der Waals surface area contributed by atoms with Crippen molar-refractivity contribution in [2.75, 3.05) is 13.7 Å². The number of halogens is 1. The maximum Gasteiger partial charge on any atom is 0.188 e. The van der Waals surface area contributed by atoms with Crippen LogP contribution in [0.1, 0.15) is 26.3 Å². The van der Waals surface area contributed by atoms with Gasteiger partial charge in [0.2, 0.25) is 0 Å². The van der Waals surface area contributed by atoms with Gasteiger partial charge in [0, 0.05) is 12.1 Å². The molecule has 5 heteroatoms. The van der Waals surface area contributed by atoms with Crippen LogP contribution in [0.2, 0.25) is 0 Å². The van der Waals surface area contributed by atoms with Crippen LogP contribution in [0.3, 0.4) is 0 Å². The fraction of sp³-hybridized carbons (Fsp3) is 0.500. The molecule has 106 valence electrons. The van der Waals surface area contributed by atoms with E-state index in [-0.39, 0.29) is 5.54 Å². The number of para-hydroxylation sites is 1. The van der Waals surface area contributed by atoms with Crippen molar-refractivity contribution < 1.29 is 4.74 Å². The van der Waals surface area contributed by atoms with E-state index in [9.17, 15) is 0 Å². The third kappa shape index (κ3) is 5.51. The lowest BCUT2D eigenvalue weighted by Gasteiger charge is -2.21. The number of hydrogen-bond donors (Lipinski definition) is 2. The molecule has 19 heavy (non-hydrogen) atoms. The van der Waals surface area contributed by atoms with Crippen molar-refractivity contribution in [1.82, 2.24) is 5.32 Å². The Morgan fingerprint density at radius 2 is 2.11 bits per heavy atom. The minimum atomic E-state index is -0.0684. The summed E-state index contributed by atoms with van der Waals surface area (Å²) in [4.78, 5) is 4.32. The van der Waals surface area contributed by atoms with Crippen LogP contribution >= 0.6 is 15.9 Å². The van der Waals surface area contributed by atoms with E-state index in [1.807, 2.05) is 39.0 Å². The largest absolute Gasteiger partial charge is 0.495 e.